The Kier molecular flexibility index (Phi) is 8.80. The number of alkyl halides is 2. The number of hydrogen-bond acceptors (Lipinski definition) is 7. The quantitative estimate of drug-likeness (QED) is 0.368. The smallest absolute Gasteiger partial charge is 0.387 e. The second-order valence-corrected chi connectivity index (χ2v) is 8.86. The van der Waals surface area contributed by atoms with Crippen molar-refractivity contribution in [1.82, 2.24) is 20.2 Å². The van der Waals surface area contributed by atoms with Gasteiger partial charge in [0.2, 0.25) is 17.8 Å². The molecule has 2 aromatic carbocycles. The van der Waals surface area contributed by atoms with Crippen LogP contribution in [-0.4, -0.2) is 58.1 Å². The van der Waals surface area contributed by atoms with Crippen molar-refractivity contribution >= 4 is 23.5 Å². The van der Waals surface area contributed by atoms with E-state index in [0.717, 1.165) is 11.1 Å². The van der Waals surface area contributed by atoms with Gasteiger partial charge in [-0.3, -0.25) is 9.59 Å². The Balaban J connectivity index is 1.34. The van der Waals surface area contributed by atoms with Gasteiger partial charge in [0, 0.05) is 43.2 Å². The Morgan fingerprint density at radius 1 is 1.11 bits per heavy atom. The lowest BCUT2D eigenvalue weighted by Crippen LogP contribution is -2.46. The van der Waals surface area contributed by atoms with Gasteiger partial charge in [-0.25, -0.2) is 9.97 Å². The first-order valence-electron chi connectivity index (χ1n) is 12.3. The van der Waals surface area contributed by atoms with Crippen LogP contribution in [0, 0.1) is 5.92 Å². The lowest BCUT2D eigenvalue weighted by atomic mass is 9.95. The van der Waals surface area contributed by atoms with Crippen LogP contribution in [0.3, 0.4) is 0 Å². The number of benzene rings is 2. The number of ether oxygens (including phenoxy) is 1. The Morgan fingerprint density at radius 3 is 2.39 bits per heavy atom. The predicted molar refractivity (Wildman–Crippen MR) is 137 cm³/mol. The third kappa shape index (κ3) is 6.80. The number of hydrogen-bond donors (Lipinski definition) is 3. The summed E-state index contributed by atoms with van der Waals surface area (Å²) in [5, 5.41) is 15.9. The van der Waals surface area contributed by atoms with Crippen LogP contribution >= 0.6 is 0 Å². The molecule has 3 N–H and O–H groups in total. The predicted octanol–water partition coefficient (Wildman–Crippen LogP) is 3.90. The third-order valence-corrected chi connectivity index (χ3v) is 6.39. The molecule has 9 nitrogen and oxygen atoms in total. The molecule has 0 spiro atoms. The number of nitrogens with zero attached hydrogens (tertiary/aromatic N) is 3. The summed E-state index contributed by atoms with van der Waals surface area (Å²) >= 11 is 0. The number of aromatic nitrogens is 2. The van der Waals surface area contributed by atoms with Crippen molar-refractivity contribution in [2.24, 2.45) is 5.92 Å². The molecule has 2 unspecified atom stereocenters. The molecular formula is C27H29F2N5O4. The van der Waals surface area contributed by atoms with Crippen molar-refractivity contribution in [3.63, 3.8) is 0 Å². The molecule has 0 radical (unpaired) electrons. The van der Waals surface area contributed by atoms with Gasteiger partial charge in [-0.2, -0.15) is 8.78 Å². The number of nitrogens with one attached hydrogen (secondary N) is 2. The van der Waals surface area contributed by atoms with E-state index in [9.17, 15) is 23.5 Å². The maximum atomic E-state index is 12.8. The van der Waals surface area contributed by atoms with E-state index in [-0.39, 0.29) is 30.1 Å². The van der Waals surface area contributed by atoms with E-state index < -0.39 is 12.7 Å². The first-order valence-corrected chi connectivity index (χ1v) is 12.3. The molecule has 38 heavy (non-hydrogen) atoms. The lowest BCUT2D eigenvalue weighted by molar-refractivity contribution is -0.138. The standard InChI is InChI=1S/C27H29F2N5O4/c1-2-34-15-19(7-12-24(34)36)25(37)33-23(16-35)18-3-8-21(9-4-18)32-27-30-13-20(14-31-27)17-5-10-22(11-6-17)38-26(28)29/h3-6,8-11,13-14,19,23,26,35H,2,7,12,15-16H2,1H3,(H,33,37)(H,30,31,32). The van der Waals surface area contributed by atoms with Gasteiger partial charge in [-0.15, -0.1) is 0 Å². The van der Waals surface area contributed by atoms with Crippen molar-refractivity contribution < 1.29 is 28.2 Å². The van der Waals surface area contributed by atoms with Crippen LogP contribution in [0.15, 0.2) is 60.9 Å². The SMILES string of the molecule is CCN1CC(C(=O)NC(CO)c2ccc(Nc3ncc(-c4ccc(OC(F)F)cc4)cn3)cc2)CCC1=O. The highest BCUT2D eigenvalue weighted by molar-refractivity contribution is 5.84. The topological polar surface area (TPSA) is 117 Å². The molecule has 200 valence electrons. The second kappa shape index (κ2) is 12.4. The molecule has 2 heterocycles. The third-order valence-electron chi connectivity index (χ3n) is 6.39. The minimum absolute atomic E-state index is 0.0633. The van der Waals surface area contributed by atoms with Gasteiger partial charge in [0.1, 0.15) is 5.75 Å². The van der Waals surface area contributed by atoms with Crippen molar-refractivity contribution in [3.05, 3.63) is 66.5 Å². The molecule has 2 atom stereocenters. The monoisotopic (exact) mass is 525 g/mol. The van der Waals surface area contributed by atoms with Crippen LogP contribution in [0.4, 0.5) is 20.4 Å². The van der Waals surface area contributed by atoms with E-state index in [1.807, 2.05) is 6.92 Å². The Bertz CT molecular complexity index is 1220. The zero-order valence-electron chi connectivity index (χ0n) is 20.8. The molecule has 1 saturated heterocycles. The molecule has 1 aromatic heterocycles. The maximum absolute atomic E-state index is 12.8. The number of likely N-dealkylation sites (tertiary alicyclic amines) is 1. The molecule has 4 rings (SSSR count). The first kappa shape index (κ1) is 26.9. The van der Waals surface area contributed by atoms with Crippen LogP contribution in [0.25, 0.3) is 11.1 Å². The average molecular weight is 526 g/mol. The summed E-state index contributed by atoms with van der Waals surface area (Å²) in [6.07, 6.45) is 4.08. The zero-order chi connectivity index (χ0) is 27.1. The molecule has 2 amide bonds. The van der Waals surface area contributed by atoms with Gasteiger partial charge in [-0.05, 0) is 48.7 Å². The number of carbonyl (C=O) groups excluding carboxylic acids is 2. The van der Waals surface area contributed by atoms with E-state index in [2.05, 4.69) is 25.3 Å². The summed E-state index contributed by atoms with van der Waals surface area (Å²) in [6.45, 7) is -0.294. The number of aliphatic hydroxyl groups is 1. The summed E-state index contributed by atoms with van der Waals surface area (Å²) in [7, 11) is 0. The van der Waals surface area contributed by atoms with Crippen LogP contribution in [0.1, 0.15) is 31.4 Å². The average Bonchev–Trinajstić information content (AvgIpc) is 2.93. The van der Waals surface area contributed by atoms with Crippen LogP contribution in [0.2, 0.25) is 0 Å². The highest BCUT2D eigenvalue weighted by Crippen LogP contribution is 2.24. The summed E-state index contributed by atoms with van der Waals surface area (Å²) in [5.41, 5.74) is 2.91. The normalized spacial score (nSPS) is 16.3. The zero-order valence-corrected chi connectivity index (χ0v) is 20.8. The number of aliphatic hydroxyl groups excluding tert-OH is 1. The molecule has 0 saturated carbocycles. The molecule has 3 aromatic rings. The number of amides is 2. The molecule has 0 aliphatic carbocycles. The Morgan fingerprint density at radius 2 is 1.79 bits per heavy atom. The van der Waals surface area contributed by atoms with Gasteiger partial charge in [0.05, 0.1) is 18.6 Å². The minimum Gasteiger partial charge on any atom is -0.435 e. The van der Waals surface area contributed by atoms with Crippen molar-refractivity contribution in [3.8, 4) is 16.9 Å². The highest BCUT2D eigenvalue weighted by Gasteiger charge is 2.30. The van der Waals surface area contributed by atoms with Gasteiger partial charge >= 0.3 is 6.61 Å². The van der Waals surface area contributed by atoms with Crippen LogP contribution in [0.5, 0.6) is 5.75 Å². The van der Waals surface area contributed by atoms with Gasteiger partial charge < -0.3 is 25.4 Å². The van der Waals surface area contributed by atoms with Crippen LogP contribution in [-0.2, 0) is 9.59 Å². The van der Waals surface area contributed by atoms with Gasteiger partial charge in [0.15, 0.2) is 0 Å². The van der Waals surface area contributed by atoms with Crippen LogP contribution < -0.4 is 15.4 Å². The summed E-state index contributed by atoms with van der Waals surface area (Å²) in [6, 6.07) is 12.8. The van der Waals surface area contributed by atoms with E-state index in [1.54, 1.807) is 53.7 Å². The van der Waals surface area contributed by atoms with Crippen molar-refractivity contribution in [1.29, 1.82) is 0 Å². The fourth-order valence-corrected chi connectivity index (χ4v) is 4.26. The fourth-order valence-electron chi connectivity index (χ4n) is 4.26. The highest BCUT2D eigenvalue weighted by atomic mass is 19.3. The van der Waals surface area contributed by atoms with Crippen molar-refractivity contribution in [2.45, 2.75) is 32.4 Å². The molecule has 1 aliphatic rings. The van der Waals surface area contributed by atoms with Crippen molar-refractivity contribution in [2.75, 3.05) is 25.0 Å². The number of rotatable bonds is 10. The van der Waals surface area contributed by atoms with E-state index >= 15 is 0 Å². The van der Waals surface area contributed by atoms with Gasteiger partial charge in [-0.1, -0.05) is 24.3 Å². The molecule has 11 heteroatoms. The largest absolute Gasteiger partial charge is 0.435 e. The molecule has 1 fully saturated rings. The first-order chi connectivity index (χ1) is 18.4. The summed E-state index contributed by atoms with van der Waals surface area (Å²) < 4.78 is 29.0. The maximum Gasteiger partial charge on any atom is 0.387 e. The fraction of sp³-hybridized carbons (Fsp3) is 0.333. The second-order valence-electron chi connectivity index (χ2n) is 8.86. The minimum atomic E-state index is -2.88. The number of carbonyl (C=O) groups is 2. The number of piperidine rings is 1. The van der Waals surface area contributed by atoms with Gasteiger partial charge in [0.25, 0.3) is 0 Å². The number of halogens is 2. The van der Waals surface area contributed by atoms with E-state index in [0.29, 0.717) is 43.1 Å². The Labute approximate surface area is 218 Å². The Hall–Kier alpha value is -4.12. The molecule has 1 aliphatic heterocycles. The molecular weight excluding hydrogens is 496 g/mol. The molecule has 0 bridgehead atoms. The van der Waals surface area contributed by atoms with E-state index in [1.165, 1.54) is 12.1 Å². The lowest BCUT2D eigenvalue weighted by Gasteiger charge is -2.32. The number of anilines is 2. The summed E-state index contributed by atoms with van der Waals surface area (Å²) in [4.78, 5) is 35.0. The van der Waals surface area contributed by atoms with E-state index in [4.69, 9.17) is 0 Å². The summed E-state index contributed by atoms with van der Waals surface area (Å²) in [5.74, 6) is 0.0170.